The molecule has 6 nitrogen and oxygen atoms in total. The molecule has 58 valence electrons. The van der Waals surface area contributed by atoms with Crippen molar-refractivity contribution in [3.05, 3.63) is 12.0 Å². The lowest BCUT2D eigenvalue weighted by Crippen LogP contribution is -2.22. The number of carbonyl (C=O) groups excluding carboxylic acids is 2. The highest BCUT2D eigenvalue weighted by Gasteiger charge is 2.09. The number of nitrogens with two attached hydrogens (primary N) is 1. The minimum Gasteiger partial charge on any atom is -0.382 e. The number of hydrogen-bond donors (Lipinski definition) is 3. The summed E-state index contributed by atoms with van der Waals surface area (Å²) < 4.78 is 0. The van der Waals surface area contributed by atoms with Crippen LogP contribution >= 0.6 is 0 Å². The van der Waals surface area contributed by atoms with E-state index in [2.05, 4.69) is 9.97 Å². The third kappa shape index (κ3) is 1.34. The van der Waals surface area contributed by atoms with E-state index in [0.717, 1.165) is 0 Å². The van der Waals surface area contributed by atoms with Crippen molar-refractivity contribution in [3.8, 4) is 0 Å². The third-order valence-electron chi connectivity index (χ3n) is 1.09. The highest BCUT2D eigenvalue weighted by molar-refractivity contribution is 6.01. The average Bonchev–Trinajstić information content (AvgIpc) is 2.36. The molecule has 1 rings (SSSR count). The van der Waals surface area contributed by atoms with Gasteiger partial charge in [-0.3, -0.25) is 14.9 Å². The van der Waals surface area contributed by atoms with Crippen LogP contribution in [-0.4, -0.2) is 22.3 Å². The molecular formula is C5H6N4O2. The first-order chi connectivity index (χ1) is 5.25. The predicted molar refractivity (Wildman–Crippen MR) is 36.5 cm³/mol. The molecule has 0 unspecified atom stereocenters. The highest BCUT2D eigenvalue weighted by atomic mass is 16.2. The zero-order valence-electron chi connectivity index (χ0n) is 5.50. The molecule has 0 saturated heterocycles. The molecule has 1 aromatic heterocycles. The Bertz CT molecular complexity index is 280. The van der Waals surface area contributed by atoms with Crippen molar-refractivity contribution in [3.63, 3.8) is 0 Å². The van der Waals surface area contributed by atoms with Crippen LogP contribution in [0.3, 0.4) is 0 Å². The average molecular weight is 154 g/mol. The minimum absolute atomic E-state index is 0.0735. The number of nitrogens with one attached hydrogen (secondary N) is 2. The van der Waals surface area contributed by atoms with Gasteiger partial charge in [-0.05, 0) is 0 Å². The number of H-pyrrole nitrogens is 1. The Morgan fingerprint density at radius 1 is 1.82 bits per heavy atom. The minimum atomic E-state index is -0.588. The Labute approximate surface area is 61.8 Å². The number of nitrogens with zero attached hydrogens (tertiary/aromatic N) is 1. The second-order valence-electron chi connectivity index (χ2n) is 1.75. The van der Waals surface area contributed by atoms with Gasteiger partial charge in [0.05, 0.1) is 6.33 Å². The van der Waals surface area contributed by atoms with Crippen LogP contribution < -0.4 is 11.1 Å². The van der Waals surface area contributed by atoms with Crippen molar-refractivity contribution in [1.82, 2.24) is 15.3 Å². The molecule has 0 saturated carbocycles. The molecule has 2 amide bonds. The fraction of sp³-hybridized carbons (Fsp3) is 0. The van der Waals surface area contributed by atoms with Gasteiger partial charge in [0.25, 0.3) is 5.91 Å². The molecule has 0 fully saturated rings. The first-order valence-corrected chi connectivity index (χ1v) is 2.79. The predicted octanol–water partition coefficient (Wildman–Crippen LogP) is -1.12. The summed E-state index contributed by atoms with van der Waals surface area (Å²) >= 11 is 0. The van der Waals surface area contributed by atoms with Crippen LogP contribution in [0.15, 0.2) is 6.33 Å². The van der Waals surface area contributed by atoms with Crippen molar-refractivity contribution < 1.29 is 9.59 Å². The number of carbonyl (C=O) groups is 2. The van der Waals surface area contributed by atoms with Gasteiger partial charge in [-0.1, -0.05) is 0 Å². The normalized spacial score (nSPS) is 9.09. The maximum Gasteiger partial charge on any atom is 0.277 e. The van der Waals surface area contributed by atoms with E-state index in [1.807, 2.05) is 5.32 Å². The van der Waals surface area contributed by atoms with Gasteiger partial charge in [-0.15, -0.1) is 0 Å². The van der Waals surface area contributed by atoms with E-state index < -0.39 is 5.91 Å². The zero-order chi connectivity index (χ0) is 8.27. The van der Waals surface area contributed by atoms with Gasteiger partial charge < -0.3 is 10.7 Å². The molecule has 0 radical (unpaired) electrons. The van der Waals surface area contributed by atoms with Gasteiger partial charge in [0, 0.05) is 0 Å². The summed E-state index contributed by atoms with van der Waals surface area (Å²) in [5.74, 6) is -0.514. The SMILES string of the molecule is Nc1nc[nH]c1C(=O)NC=O. The second-order valence-corrected chi connectivity index (χ2v) is 1.75. The molecule has 0 aliphatic rings. The molecular weight excluding hydrogens is 148 g/mol. The summed E-state index contributed by atoms with van der Waals surface area (Å²) in [6, 6.07) is 0. The van der Waals surface area contributed by atoms with Gasteiger partial charge in [0.2, 0.25) is 6.41 Å². The molecule has 0 bridgehead atoms. The number of nitrogen functional groups attached to an aromatic ring is 1. The van der Waals surface area contributed by atoms with E-state index in [4.69, 9.17) is 5.73 Å². The molecule has 11 heavy (non-hydrogen) atoms. The van der Waals surface area contributed by atoms with Crippen molar-refractivity contribution >= 4 is 18.1 Å². The topological polar surface area (TPSA) is 101 Å². The Morgan fingerprint density at radius 2 is 2.55 bits per heavy atom. The van der Waals surface area contributed by atoms with Crippen LogP contribution in [-0.2, 0) is 4.79 Å². The van der Waals surface area contributed by atoms with Crippen molar-refractivity contribution in [2.45, 2.75) is 0 Å². The van der Waals surface area contributed by atoms with Crippen LogP contribution in [0.5, 0.6) is 0 Å². The molecule has 1 heterocycles. The number of aromatic amines is 1. The number of amides is 2. The third-order valence-corrected chi connectivity index (χ3v) is 1.09. The van der Waals surface area contributed by atoms with Gasteiger partial charge >= 0.3 is 0 Å². The summed E-state index contributed by atoms with van der Waals surface area (Å²) in [7, 11) is 0. The molecule has 1 aromatic rings. The van der Waals surface area contributed by atoms with E-state index in [-0.39, 0.29) is 17.9 Å². The van der Waals surface area contributed by atoms with Crippen LogP contribution in [0.25, 0.3) is 0 Å². The number of rotatable bonds is 2. The highest BCUT2D eigenvalue weighted by Crippen LogP contribution is 2.01. The Balaban J connectivity index is 2.83. The number of imidazole rings is 1. The summed E-state index contributed by atoms with van der Waals surface area (Å²) in [5, 5.41) is 1.92. The lowest BCUT2D eigenvalue weighted by molar-refractivity contribution is -0.108. The summed E-state index contributed by atoms with van der Waals surface area (Å²) in [6.45, 7) is 0. The summed E-state index contributed by atoms with van der Waals surface area (Å²) in [4.78, 5) is 26.7. The molecule has 0 aromatic carbocycles. The number of anilines is 1. The number of hydrogen-bond acceptors (Lipinski definition) is 4. The largest absolute Gasteiger partial charge is 0.382 e. The number of aromatic nitrogens is 2. The van der Waals surface area contributed by atoms with Gasteiger partial charge in [0.1, 0.15) is 5.69 Å². The lowest BCUT2D eigenvalue weighted by Gasteiger charge is -1.93. The maximum atomic E-state index is 10.8. The van der Waals surface area contributed by atoms with E-state index >= 15 is 0 Å². The lowest BCUT2D eigenvalue weighted by atomic mass is 10.4. The zero-order valence-corrected chi connectivity index (χ0v) is 5.50. The van der Waals surface area contributed by atoms with Gasteiger partial charge in [0.15, 0.2) is 5.82 Å². The van der Waals surface area contributed by atoms with Gasteiger partial charge in [-0.25, -0.2) is 4.98 Å². The molecule has 0 spiro atoms. The van der Waals surface area contributed by atoms with Gasteiger partial charge in [-0.2, -0.15) is 0 Å². The van der Waals surface area contributed by atoms with Crippen molar-refractivity contribution in [1.29, 1.82) is 0 Å². The fourth-order valence-electron chi connectivity index (χ4n) is 0.612. The van der Waals surface area contributed by atoms with Crippen LogP contribution in [0.1, 0.15) is 10.5 Å². The summed E-state index contributed by atoms with van der Waals surface area (Å²) in [5.41, 5.74) is 5.35. The fourth-order valence-corrected chi connectivity index (χ4v) is 0.612. The standard InChI is InChI=1S/C5H6N4O2/c6-4-3(7-1-8-4)5(11)9-2-10/h1-2H,6H2,(H,7,8)(H,9,10,11). The molecule has 0 atom stereocenters. The Hall–Kier alpha value is -1.85. The Morgan fingerprint density at radius 3 is 3.00 bits per heavy atom. The maximum absolute atomic E-state index is 10.8. The molecule has 6 heteroatoms. The molecule has 4 N–H and O–H groups in total. The van der Waals surface area contributed by atoms with Crippen LogP contribution in [0.2, 0.25) is 0 Å². The molecule has 0 aliphatic heterocycles. The van der Waals surface area contributed by atoms with Crippen LogP contribution in [0, 0.1) is 0 Å². The van der Waals surface area contributed by atoms with E-state index in [1.54, 1.807) is 0 Å². The van der Waals surface area contributed by atoms with Crippen molar-refractivity contribution in [2.24, 2.45) is 0 Å². The number of imide groups is 1. The van der Waals surface area contributed by atoms with E-state index in [0.29, 0.717) is 0 Å². The quantitative estimate of drug-likeness (QED) is 0.469. The first kappa shape index (κ1) is 7.26. The second kappa shape index (κ2) is 2.82. The summed E-state index contributed by atoms with van der Waals surface area (Å²) in [6.07, 6.45) is 1.55. The Kier molecular flexibility index (Phi) is 1.86. The first-order valence-electron chi connectivity index (χ1n) is 2.79. The molecule has 0 aliphatic carbocycles. The smallest absolute Gasteiger partial charge is 0.277 e. The van der Waals surface area contributed by atoms with Crippen LogP contribution in [0.4, 0.5) is 5.82 Å². The van der Waals surface area contributed by atoms with E-state index in [1.165, 1.54) is 6.33 Å². The monoisotopic (exact) mass is 154 g/mol. The van der Waals surface area contributed by atoms with E-state index in [9.17, 15) is 9.59 Å². The van der Waals surface area contributed by atoms with Crippen molar-refractivity contribution in [2.75, 3.05) is 5.73 Å².